The first kappa shape index (κ1) is 16.6. The molecule has 0 bridgehead atoms. The van der Waals surface area contributed by atoms with Crippen molar-refractivity contribution in [2.75, 3.05) is 26.8 Å². The molecule has 1 amide bonds. The molecule has 2 rings (SSSR count). The van der Waals surface area contributed by atoms with Gasteiger partial charge in [-0.05, 0) is 38.9 Å². The highest BCUT2D eigenvalue weighted by Crippen LogP contribution is 2.32. The van der Waals surface area contributed by atoms with E-state index in [0.717, 1.165) is 49.5 Å². The van der Waals surface area contributed by atoms with Crippen LogP contribution >= 0.6 is 0 Å². The van der Waals surface area contributed by atoms with E-state index in [-0.39, 0.29) is 11.8 Å². The Hall–Kier alpha value is -1.79. The SMILES string of the molecule is CCOc1c(CN2CCC(C(=O)NN)CC2)cccc1OC. The van der Waals surface area contributed by atoms with Gasteiger partial charge >= 0.3 is 0 Å². The van der Waals surface area contributed by atoms with Gasteiger partial charge < -0.3 is 9.47 Å². The maximum absolute atomic E-state index is 11.6. The number of likely N-dealkylation sites (tertiary alicyclic amines) is 1. The smallest absolute Gasteiger partial charge is 0.237 e. The monoisotopic (exact) mass is 307 g/mol. The largest absolute Gasteiger partial charge is 0.493 e. The minimum absolute atomic E-state index is 0.0259. The van der Waals surface area contributed by atoms with E-state index in [9.17, 15) is 4.79 Å². The van der Waals surface area contributed by atoms with E-state index in [1.54, 1.807) is 7.11 Å². The van der Waals surface area contributed by atoms with E-state index < -0.39 is 0 Å². The van der Waals surface area contributed by atoms with Crippen molar-refractivity contribution in [3.8, 4) is 11.5 Å². The van der Waals surface area contributed by atoms with Crippen LogP contribution in [0.1, 0.15) is 25.3 Å². The lowest BCUT2D eigenvalue weighted by Crippen LogP contribution is -2.42. The number of para-hydroxylation sites is 1. The number of nitrogens with one attached hydrogen (secondary N) is 1. The van der Waals surface area contributed by atoms with Crippen LogP contribution in [0, 0.1) is 5.92 Å². The van der Waals surface area contributed by atoms with E-state index in [1.165, 1.54) is 0 Å². The summed E-state index contributed by atoms with van der Waals surface area (Å²) in [4.78, 5) is 13.9. The first-order chi connectivity index (χ1) is 10.7. The van der Waals surface area contributed by atoms with Gasteiger partial charge in [-0.3, -0.25) is 15.1 Å². The zero-order valence-corrected chi connectivity index (χ0v) is 13.3. The fraction of sp³-hybridized carbons (Fsp3) is 0.562. The van der Waals surface area contributed by atoms with Crippen LogP contribution in [0.2, 0.25) is 0 Å². The summed E-state index contributed by atoms with van der Waals surface area (Å²) in [6.07, 6.45) is 1.66. The van der Waals surface area contributed by atoms with Crippen molar-refractivity contribution < 1.29 is 14.3 Å². The molecule has 1 fully saturated rings. The van der Waals surface area contributed by atoms with E-state index in [0.29, 0.717) is 6.61 Å². The maximum Gasteiger partial charge on any atom is 0.237 e. The second-order valence-electron chi connectivity index (χ2n) is 5.44. The van der Waals surface area contributed by atoms with Crippen LogP contribution in [0.25, 0.3) is 0 Å². The summed E-state index contributed by atoms with van der Waals surface area (Å²) < 4.78 is 11.1. The highest BCUT2D eigenvalue weighted by molar-refractivity contribution is 5.78. The van der Waals surface area contributed by atoms with Crippen molar-refractivity contribution in [1.82, 2.24) is 10.3 Å². The van der Waals surface area contributed by atoms with E-state index in [1.807, 2.05) is 19.1 Å². The Balaban J connectivity index is 2.01. The summed E-state index contributed by atoms with van der Waals surface area (Å²) in [5, 5.41) is 0. The highest BCUT2D eigenvalue weighted by atomic mass is 16.5. The number of hydrogen-bond donors (Lipinski definition) is 2. The van der Waals surface area contributed by atoms with Gasteiger partial charge in [0.15, 0.2) is 11.5 Å². The average molecular weight is 307 g/mol. The third-order valence-corrected chi connectivity index (χ3v) is 4.06. The first-order valence-corrected chi connectivity index (χ1v) is 7.71. The Kier molecular flexibility index (Phi) is 6.03. The van der Waals surface area contributed by atoms with Gasteiger partial charge in [-0.15, -0.1) is 0 Å². The third kappa shape index (κ3) is 3.90. The summed E-state index contributed by atoms with van der Waals surface area (Å²) >= 11 is 0. The van der Waals surface area contributed by atoms with Crippen molar-refractivity contribution >= 4 is 5.91 Å². The molecule has 22 heavy (non-hydrogen) atoms. The molecular formula is C16H25N3O3. The van der Waals surface area contributed by atoms with Gasteiger partial charge in [0.05, 0.1) is 13.7 Å². The van der Waals surface area contributed by atoms with Crippen molar-refractivity contribution in [3.05, 3.63) is 23.8 Å². The quantitative estimate of drug-likeness (QED) is 0.470. The number of nitrogens with zero attached hydrogens (tertiary/aromatic N) is 1. The molecule has 6 nitrogen and oxygen atoms in total. The summed E-state index contributed by atoms with van der Waals surface area (Å²) in [6, 6.07) is 5.95. The Bertz CT molecular complexity index is 499. The molecule has 1 aliphatic heterocycles. The van der Waals surface area contributed by atoms with Crippen molar-refractivity contribution in [1.29, 1.82) is 0 Å². The molecule has 0 atom stereocenters. The average Bonchev–Trinajstić information content (AvgIpc) is 2.56. The molecule has 1 saturated heterocycles. The number of carbonyl (C=O) groups is 1. The molecule has 0 aromatic heterocycles. The Morgan fingerprint density at radius 3 is 2.73 bits per heavy atom. The van der Waals surface area contributed by atoms with Crippen LogP contribution < -0.4 is 20.7 Å². The van der Waals surface area contributed by atoms with Gasteiger partial charge in [-0.2, -0.15) is 0 Å². The lowest BCUT2D eigenvalue weighted by atomic mass is 9.96. The van der Waals surface area contributed by atoms with Crippen LogP contribution in [0.15, 0.2) is 18.2 Å². The van der Waals surface area contributed by atoms with Crippen LogP contribution in [0.5, 0.6) is 11.5 Å². The summed E-state index contributed by atoms with van der Waals surface area (Å²) in [6.45, 7) is 5.12. The third-order valence-electron chi connectivity index (χ3n) is 4.06. The molecule has 1 heterocycles. The van der Waals surface area contributed by atoms with Gasteiger partial charge in [-0.25, -0.2) is 5.84 Å². The molecule has 0 aliphatic carbocycles. The normalized spacial score (nSPS) is 16.3. The van der Waals surface area contributed by atoms with Gasteiger partial charge in [-0.1, -0.05) is 12.1 Å². The number of amides is 1. The predicted molar refractivity (Wildman–Crippen MR) is 84.5 cm³/mol. The number of ether oxygens (including phenoxy) is 2. The fourth-order valence-corrected chi connectivity index (χ4v) is 2.87. The fourth-order valence-electron chi connectivity index (χ4n) is 2.87. The molecule has 6 heteroatoms. The number of benzene rings is 1. The van der Waals surface area contributed by atoms with Gasteiger partial charge in [0, 0.05) is 18.0 Å². The van der Waals surface area contributed by atoms with Gasteiger partial charge in [0.2, 0.25) is 5.91 Å². The molecule has 122 valence electrons. The first-order valence-electron chi connectivity index (χ1n) is 7.71. The number of carbonyl (C=O) groups excluding carboxylic acids is 1. The Morgan fingerprint density at radius 1 is 1.41 bits per heavy atom. The molecule has 0 radical (unpaired) electrons. The van der Waals surface area contributed by atoms with Crippen LogP contribution in [-0.2, 0) is 11.3 Å². The van der Waals surface area contributed by atoms with Crippen molar-refractivity contribution in [2.45, 2.75) is 26.3 Å². The summed E-state index contributed by atoms with van der Waals surface area (Å²) in [7, 11) is 1.65. The Labute approximate surface area is 131 Å². The van der Waals surface area contributed by atoms with E-state index in [4.69, 9.17) is 15.3 Å². The van der Waals surface area contributed by atoms with Crippen LogP contribution in [0.3, 0.4) is 0 Å². The molecule has 1 aromatic carbocycles. The van der Waals surface area contributed by atoms with Crippen molar-refractivity contribution in [2.24, 2.45) is 11.8 Å². The van der Waals surface area contributed by atoms with E-state index in [2.05, 4.69) is 16.4 Å². The highest BCUT2D eigenvalue weighted by Gasteiger charge is 2.25. The van der Waals surface area contributed by atoms with Crippen LogP contribution in [0.4, 0.5) is 0 Å². The Morgan fingerprint density at radius 2 is 2.14 bits per heavy atom. The lowest BCUT2D eigenvalue weighted by molar-refractivity contribution is -0.126. The summed E-state index contributed by atoms with van der Waals surface area (Å²) in [5.41, 5.74) is 3.36. The molecule has 0 spiro atoms. The zero-order valence-electron chi connectivity index (χ0n) is 13.3. The topological polar surface area (TPSA) is 76.8 Å². The minimum atomic E-state index is -0.0592. The molecule has 3 N–H and O–H groups in total. The number of piperidine rings is 1. The predicted octanol–water partition coefficient (Wildman–Crippen LogP) is 1.30. The lowest BCUT2D eigenvalue weighted by Gasteiger charge is -2.31. The number of hydrazine groups is 1. The van der Waals surface area contributed by atoms with Gasteiger partial charge in [0.25, 0.3) is 0 Å². The number of nitrogens with two attached hydrogens (primary N) is 1. The zero-order chi connectivity index (χ0) is 15.9. The second kappa shape index (κ2) is 8.00. The van der Waals surface area contributed by atoms with Crippen molar-refractivity contribution in [3.63, 3.8) is 0 Å². The number of hydrogen-bond acceptors (Lipinski definition) is 5. The molecular weight excluding hydrogens is 282 g/mol. The molecule has 0 unspecified atom stereocenters. The maximum atomic E-state index is 11.6. The molecule has 0 saturated carbocycles. The standard InChI is InChI=1S/C16H25N3O3/c1-3-22-15-13(5-4-6-14(15)21-2)11-19-9-7-12(8-10-19)16(20)18-17/h4-6,12H,3,7-11,17H2,1-2H3,(H,18,20). The number of rotatable bonds is 6. The molecule has 1 aromatic rings. The second-order valence-corrected chi connectivity index (χ2v) is 5.44. The minimum Gasteiger partial charge on any atom is -0.493 e. The summed E-state index contributed by atoms with van der Waals surface area (Å²) in [5.74, 6) is 6.74. The van der Waals surface area contributed by atoms with Gasteiger partial charge in [0.1, 0.15) is 0 Å². The number of methoxy groups -OCH3 is 1. The van der Waals surface area contributed by atoms with E-state index >= 15 is 0 Å². The van der Waals surface area contributed by atoms with Crippen LogP contribution in [-0.4, -0.2) is 37.6 Å². The molecule has 1 aliphatic rings.